The van der Waals surface area contributed by atoms with Crippen molar-refractivity contribution in [3.8, 4) is 11.5 Å². The predicted molar refractivity (Wildman–Crippen MR) is 116 cm³/mol. The lowest BCUT2D eigenvalue weighted by Crippen LogP contribution is -2.23. The molecule has 0 fully saturated rings. The molecule has 0 spiro atoms. The molecule has 1 N–H and O–H groups in total. The van der Waals surface area contributed by atoms with Crippen LogP contribution in [0.4, 0.5) is 0 Å². The van der Waals surface area contributed by atoms with Crippen molar-refractivity contribution in [2.45, 2.75) is 20.0 Å². The average Bonchev–Trinajstić information content (AvgIpc) is 3.17. The van der Waals surface area contributed by atoms with Gasteiger partial charge in [0.15, 0.2) is 0 Å². The first-order valence-corrected chi connectivity index (χ1v) is 10.2. The third kappa shape index (κ3) is 6.76. The fourth-order valence-corrected chi connectivity index (χ4v) is 3.29. The largest absolute Gasteiger partial charge is 0.497 e. The van der Waals surface area contributed by atoms with E-state index < -0.39 is 0 Å². The van der Waals surface area contributed by atoms with Crippen molar-refractivity contribution in [3.63, 3.8) is 0 Å². The molecule has 1 heterocycles. The first-order chi connectivity index (χ1) is 14.1. The molecule has 0 aliphatic carbocycles. The molecule has 0 aliphatic heterocycles. The maximum Gasteiger partial charge on any atom is 0.244 e. The summed E-state index contributed by atoms with van der Waals surface area (Å²) in [6.07, 6.45) is 4.09. The van der Waals surface area contributed by atoms with E-state index in [2.05, 4.69) is 10.3 Å². The molecular formula is C23H24N2O3S. The Morgan fingerprint density at radius 2 is 2.00 bits per heavy atom. The second kappa shape index (κ2) is 10.4. The zero-order chi connectivity index (χ0) is 20.5. The lowest BCUT2D eigenvalue weighted by atomic mass is 10.1. The highest BCUT2D eigenvalue weighted by Gasteiger charge is 2.01. The highest BCUT2D eigenvalue weighted by molar-refractivity contribution is 7.09. The molecule has 0 bridgehead atoms. The van der Waals surface area contributed by atoms with E-state index in [-0.39, 0.29) is 5.91 Å². The lowest BCUT2D eigenvalue weighted by Gasteiger charge is -2.05. The summed E-state index contributed by atoms with van der Waals surface area (Å²) < 4.78 is 10.9. The zero-order valence-corrected chi connectivity index (χ0v) is 17.4. The molecule has 0 unspecified atom stereocenters. The van der Waals surface area contributed by atoms with Crippen LogP contribution in [0.1, 0.15) is 21.8 Å². The summed E-state index contributed by atoms with van der Waals surface area (Å²) in [6, 6.07) is 15.5. The maximum absolute atomic E-state index is 12.0. The van der Waals surface area contributed by atoms with Gasteiger partial charge in [-0.05, 0) is 54.8 Å². The van der Waals surface area contributed by atoms with Crippen LogP contribution in [0.3, 0.4) is 0 Å². The minimum absolute atomic E-state index is 0.122. The van der Waals surface area contributed by atoms with Crippen LogP contribution >= 0.6 is 11.3 Å². The van der Waals surface area contributed by atoms with E-state index in [0.29, 0.717) is 13.2 Å². The Hall–Kier alpha value is -3.12. The molecule has 6 heteroatoms. The van der Waals surface area contributed by atoms with Crippen molar-refractivity contribution in [2.75, 3.05) is 13.7 Å². The Balaban J connectivity index is 1.45. The van der Waals surface area contributed by atoms with E-state index in [4.69, 9.17) is 9.47 Å². The molecule has 29 heavy (non-hydrogen) atoms. The van der Waals surface area contributed by atoms with E-state index in [1.807, 2.05) is 60.8 Å². The average molecular weight is 409 g/mol. The van der Waals surface area contributed by atoms with Gasteiger partial charge in [0.25, 0.3) is 0 Å². The number of benzene rings is 2. The topological polar surface area (TPSA) is 60.5 Å². The summed E-state index contributed by atoms with van der Waals surface area (Å²) in [7, 11) is 1.64. The van der Waals surface area contributed by atoms with Crippen LogP contribution in [0.25, 0.3) is 6.08 Å². The smallest absolute Gasteiger partial charge is 0.244 e. The minimum atomic E-state index is -0.122. The number of nitrogens with zero attached hydrogens (tertiary/aromatic N) is 1. The van der Waals surface area contributed by atoms with Gasteiger partial charge in [-0.1, -0.05) is 24.3 Å². The molecule has 1 amide bonds. The van der Waals surface area contributed by atoms with Gasteiger partial charge in [-0.15, -0.1) is 11.3 Å². The van der Waals surface area contributed by atoms with Gasteiger partial charge in [-0.3, -0.25) is 4.79 Å². The highest BCUT2D eigenvalue weighted by atomic mass is 32.1. The Morgan fingerprint density at radius 3 is 2.72 bits per heavy atom. The van der Waals surface area contributed by atoms with Gasteiger partial charge in [0.05, 0.1) is 17.8 Å². The zero-order valence-electron chi connectivity index (χ0n) is 16.6. The second-order valence-electron chi connectivity index (χ2n) is 6.44. The summed E-state index contributed by atoms with van der Waals surface area (Å²) in [5, 5.41) is 5.92. The fourth-order valence-electron chi connectivity index (χ4n) is 2.69. The fraction of sp³-hybridized carbons (Fsp3) is 0.217. The monoisotopic (exact) mass is 408 g/mol. The van der Waals surface area contributed by atoms with Crippen LogP contribution in [0, 0.1) is 6.92 Å². The van der Waals surface area contributed by atoms with E-state index in [1.54, 1.807) is 24.5 Å². The van der Waals surface area contributed by atoms with E-state index in [1.165, 1.54) is 6.08 Å². The van der Waals surface area contributed by atoms with Gasteiger partial charge in [0.2, 0.25) is 5.91 Å². The third-order valence-electron chi connectivity index (χ3n) is 4.21. The first kappa shape index (κ1) is 20.6. The highest BCUT2D eigenvalue weighted by Crippen LogP contribution is 2.17. The molecule has 0 aliphatic rings. The standard InChI is InChI=1S/C23H24N2O3S/c1-17-25-20(16-29-17)15-28-22-5-3-4-19(14-22)8-11-23(26)24-13-12-18-6-9-21(27-2)10-7-18/h3-11,14,16H,12-13,15H2,1-2H3,(H,24,26). The number of amides is 1. The molecule has 0 saturated heterocycles. The number of carbonyl (C=O) groups is 1. The van der Waals surface area contributed by atoms with E-state index in [0.717, 1.165) is 39.7 Å². The van der Waals surface area contributed by atoms with Crippen molar-refractivity contribution in [1.29, 1.82) is 0 Å². The van der Waals surface area contributed by atoms with E-state index >= 15 is 0 Å². The second-order valence-corrected chi connectivity index (χ2v) is 7.50. The summed E-state index contributed by atoms with van der Waals surface area (Å²) in [4.78, 5) is 16.4. The van der Waals surface area contributed by atoms with Gasteiger partial charge in [0.1, 0.15) is 18.1 Å². The van der Waals surface area contributed by atoms with Gasteiger partial charge < -0.3 is 14.8 Å². The van der Waals surface area contributed by atoms with Crippen LogP contribution in [-0.2, 0) is 17.8 Å². The number of rotatable bonds is 9. The molecule has 1 aromatic heterocycles. The molecule has 0 saturated carbocycles. The Labute approximate surface area is 175 Å². The van der Waals surface area contributed by atoms with E-state index in [9.17, 15) is 4.79 Å². The number of methoxy groups -OCH3 is 1. The van der Waals surface area contributed by atoms with Gasteiger partial charge in [-0.2, -0.15) is 0 Å². The van der Waals surface area contributed by atoms with Crippen LogP contribution < -0.4 is 14.8 Å². The van der Waals surface area contributed by atoms with Crippen LogP contribution in [0.15, 0.2) is 60.0 Å². The summed E-state index contributed by atoms with van der Waals surface area (Å²) in [5.74, 6) is 1.45. The first-order valence-electron chi connectivity index (χ1n) is 9.35. The SMILES string of the molecule is COc1ccc(CCNC(=O)C=Cc2cccc(OCc3csc(C)n3)c2)cc1. The number of hydrogen-bond acceptors (Lipinski definition) is 5. The number of ether oxygens (including phenoxy) is 2. The van der Waals surface area contributed by atoms with Gasteiger partial charge in [0, 0.05) is 18.0 Å². The van der Waals surface area contributed by atoms with Crippen molar-refractivity contribution < 1.29 is 14.3 Å². The molecule has 3 rings (SSSR count). The third-order valence-corrected chi connectivity index (χ3v) is 5.03. The number of hydrogen-bond donors (Lipinski definition) is 1. The van der Waals surface area contributed by atoms with Crippen LogP contribution in [0.5, 0.6) is 11.5 Å². The Kier molecular flexibility index (Phi) is 7.41. The maximum atomic E-state index is 12.0. The lowest BCUT2D eigenvalue weighted by molar-refractivity contribution is -0.116. The molecular weight excluding hydrogens is 384 g/mol. The molecule has 150 valence electrons. The van der Waals surface area contributed by atoms with Crippen molar-refractivity contribution in [3.05, 3.63) is 81.8 Å². The number of aromatic nitrogens is 1. The van der Waals surface area contributed by atoms with Crippen molar-refractivity contribution in [2.24, 2.45) is 0 Å². The Morgan fingerprint density at radius 1 is 1.17 bits per heavy atom. The van der Waals surface area contributed by atoms with Gasteiger partial charge in [-0.25, -0.2) is 4.98 Å². The van der Waals surface area contributed by atoms with Crippen LogP contribution in [0.2, 0.25) is 0 Å². The molecule has 2 aromatic carbocycles. The predicted octanol–water partition coefficient (Wildman–Crippen LogP) is 4.41. The minimum Gasteiger partial charge on any atom is -0.497 e. The van der Waals surface area contributed by atoms with Crippen molar-refractivity contribution >= 4 is 23.3 Å². The number of carbonyl (C=O) groups excluding carboxylic acids is 1. The molecule has 5 nitrogen and oxygen atoms in total. The number of nitrogens with one attached hydrogen (secondary N) is 1. The number of thiazole rings is 1. The summed E-state index contributed by atoms with van der Waals surface area (Å²) in [5.41, 5.74) is 2.97. The molecule has 3 aromatic rings. The number of aryl methyl sites for hydroxylation is 1. The Bertz CT molecular complexity index is 964. The summed E-state index contributed by atoms with van der Waals surface area (Å²) in [6.45, 7) is 2.98. The quantitative estimate of drug-likeness (QED) is 0.533. The van der Waals surface area contributed by atoms with Crippen LogP contribution in [-0.4, -0.2) is 24.5 Å². The normalized spacial score (nSPS) is 10.8. The van der Waals surface area contributed by atoms with Gasteiger partial charge >= 0.3 is 0 Å². The summed E-state index contributed by atoms with van der Waals surface area (Å²) >= 11 is 1.61. The van der Waals surface area contributed by atoms with Crippen molar-refractivity contribution in [1.82, 2.24) is 10.3 Å². The molecule has 0 radical (unpaired) electrons. The molecule has 0 atom stereocenters.